The summed E-state index contributed by atoms with van der Waals surface area (Å²) in [5.74, 6) is -1.09. The van der Waals surface area contributed by atoms with E-state index in [1.165, 1.54) is 0 Å². The number of para-hydroxylation sites is 2. The topological polar surface area (TPSA) is 49.4 Å². The summed E-state index contributed by atoms with van der Waals surface area (Å²) in [5, 5.41) is 2.74. The molecule has 0 radical (unpaired) electrons. The lowest BCUT2D eigenvalue weighted by Crippen LogP contribution is -2.38. The molecule has 112 valence electrons. The highest BCUT2D eigenvalue weighted by molar-refractivity contribution is 6.44. The van der Waals surface area contributed by atoms with E-state index in [4.69, 9.17) is 0 Å². The van der Waals surface area contributed by atoms with E-state index in [1.807, 2.05) is 55.5 Å². The van der Waals surface area contributed by atoms with Crippen LogP contribution in [0.15, 0.2) is 48.5 Å². The van der Waals surface area contributed by atoms with Crippen molar-refractivity contribution < 1.29 is 9.59 Å². The first-order valence-electron chi connectivity index (χ1n) is 7.49. The minimum Gasteiger partial charge on any atom is -0.318 e. The van der Waals surface area contributed by atoms with Crippen LogP contribution in [-0.2, 0) is 22.4 Å². The Kier molecular flexibility index (Phi) is 3.92. The fourth-order valence-corrected chi connectivity index (χ4v) is 2.80. The molecular weight excluding hydrogens is 276 g/mol. The lowest BCUT2D eigenvalue weighted by molar-refractivity contribution is -0.134. The summed E-state index contributed by atoms with van der Waals surface area (Å²) in [7, 11) is 0. The number of hydrogen-bond acceptors (Lipinski definition) is 2. The van der Waals surface area contributed by atoms with Gasteiger partial charge in [0.25, 0.3) is 0 Å². The molecular formula is C18H18N2O2. The van der Waals surface area contributed by atoms with Gasteiger partial charge in [-0.3, -0.25) is 9.59 Å². The van der Waals surface area contributed by atoms with Gasteiger partial charge in [-0.2, -0.15) is 0 Å². The second-order valence-electron chi connectivity index (χ2n) is 5.30. The number of hydrogen-bond donors (Lipinski definition) is 1. The van der Waals surface area contributed by atoms with Crippen LogP contribution in [-0.4, -0.2) is 18.4 Å². The number of nitrogens with zero attached hydrogens (tertiary/aromatic N) is 1. The molecule has 4 nitrogen and oxygen atoms in total. The van der Waals surface area contributed by atoms with Crippen LogP contribution in [0.4, 0.5) is 11.4 Å². The third-order valence-electron chi connectivity index (χ3n) is 3.97. The zero-order valence-electron chi connectivity index (χ0n) is 12.5. The molecule has 0 saturated carbocycles. The van der Waals surface area contributed by atoms with Gasteiger partial charge in [0.1, 0.15) is 0 Å². The molecule has 1 heterocycles. The number of benzene rings is 2. The van der Waals surface area contributed by atoms with Crippen LogP contribution in [0.2, 0.25) is 0 Å². The molecule has 0 spiro atoms. The van der Waals surface area contributed by atoms with E-state index in [2.05, 4.69) is 5.32 Å². The molecule has 0 aliphatic carbocycles. The smallest absolute Gasteiger partial charge is 0.316 e. The van der Waals surface area contributed by atoms with E-state index in [0.717, 1.165) is 29.7 Å². The van der Waals surface area contributed by atoms with E-state index < -0.39 is 11.8 Å². The van der Waals surface area contributed by atoms with Crippen LogP contribution in [0.3, 0.4) is 0 Å². The first-order chi connectivity index (χ1) is 10.7. The largest absolute Gasteiger partial charge is 0.318 e. The fourth-order valence-electron chi connectivity index (χ4n) is 2.80. The normalized spacial score (nSPS) is 12.9. The Balaban J connectivity index is 1.77. The average Bonchev–Trinajstić information content (AvgIpc) is 2.98. The van der Waals surface area contributed by atoms with Gasteiger partial charge in [-0.05, 0) is 36.1 Å². The zero-order chi connectivity index (χ0) is 15.5. The fraction of sp³-hybridized carbons (Fsp3) is 0.222. The van der Waals surface area contributed by atoms with Crippen LogP contribution in [0.25, 0.3) is 0 Å². The summed E-state index contributed by atoms with van der Waals surface area (Å²) < 4.78 is 0. The van der Waals surface area contributed by atoms with Crippen molar-refractivity contribution in [1.82, 2.24) is 0 Å². The van der Waals surface area contributed by atoms with Crippen molar-refractivity contribution in [3.8, 4) is 0 Å². The summed E-state index contributed by atoms with van der Waals surface area (Å²) in [6.07, 6.45) is 1.60. The lowest BCUT2D eigenvalue weighted by Gasteiger charge is -2.17. The standard InChI is InChI=1S/C18H18N2O2/c1-2-13-7-3-5-9-15(13)19-17(21)18(22)20-12-11-14-8-4-6-10-16(14)20/h3-10H,2,11-12H2,1H3,(H,19,21). The van der Waals surface area contributed by atoms with Crippen LogP contribution in [0.1, 0.15) is 18.1 Å². The Bertz CT molecular complexity index is 725. The van der Waals surface area contributed by atoms with Gasteiger partial charge in [-0.1, -0.05) is 43.3 Å². The van der Waals surface area contributed by atoms with Gasteiger partial charge in [-0.15, -0.1) is 0 Å². The van der Waals surface area contributed by atoms with E-state index in [-0.39, 0.29) is 0 Å². The maximum absolute atomic E-state index is 12.4. The second-order valence-corrected chi connectivity index (χ2v) is 5.30. The molecule has 0 bridgehead atoms. The highest BCUT2D eigenvalue weighted by Gasteiger charge is 2.29. The van der Waals surface area contributed by atoms with E-state index in [9.17, 15) is 9.59 Å². The third kappa shape index (κ3) is 2.60. The van der Waals surface area contributed by atoms with Crippen molar-refractivity contribution in [3.05, 3.63) is 59.7 Å². The Labute approximate surface area is 129 Å². The zero-order valence-corrected chi connectivity index (χ0v) is 12.5. The summed E-state index contributed by atoms with van der Waals surface area (Å²) >= 11 is 0. The van der Waals surface area contributed by atoms with E-state index in [1.54, 1.807) is 4.90 Å². The average molecular weight is 294 g/mol. The van der Waals surface area contributed by atoms with Crippen molar-refractivity contribution in [1.29, 1.82) is 0 Å². The van der Waals surface area contributed by atoms with E-state index in [0.29, 0.717) is 12.2 Å². The molecule has 2 aromatic rings. The quantitative estimate of drug-likeness (QED) is 0.866. The molecule has 2 aromatic carbocycles. The highest BCUT2D eigenvalue weighted by Crippen LogP contribution is 2.27. The molecule has 0 fully saturated rings. The number of aryl methyl sites for hydroxylation is 1. The number of nitrogens with one attached hydrogen (secondary N) is 1. The molecule has 3 rings (SSSR count). The van der Waals surface area contributed by atoms with Gasteiger partial charge < -0.3 is 10.2 Å². The molecule has 2 amide bonds. The lowest BCUT2D eigenvalue weighted by atomic mass is 10.1. The molecule has 0 atom stereocenters. The van der Waals surface area contributed by atoms with Crippen LogP contribution in [0, 0.1) is 0 Å². The van der Waals surface area contributed by atoms with Crippen LogP contribution >= 0.6 is 0 Å². The SMILES string of the molecule is CCc1ccccc1NC(=O)C(=O)N1CCc2ccccc21. The van der Waals surface area contributed by atoms with Gasteiger partial charge >= 0.3 is 11.8 Å². The monoisotopic (exact) mass is 294 g/mol. The van der Waals surface area contributed by atoms with Gasteiger partial charge in [0.2, 0.25) is 0 Å². The molecule has 1 aliphatic heterocycles. The van der Waals surface area contributed by atoms with Crippen molar-refractivity contribution in [2.75, 3.05) is 16.8 Å². The maximum Gasteiger partial charge on any atom is 0.316 e. The number of anilines is 2. The molecule has 4 heteroatoms. The predicted octanol–water partition coefficient (Wildman–Crippen LogP) is 2.78. The number of carbonyl (C=O) groups excluding carboxylic acids is 2. The summed E-state index contributed by atoms with van der Waals surface area (Å²) in [6.45, 7) is 2.57. The van der Waals surface area contributed by atoms with Crippen molar-refractivity contribution in [3.63, 3.8) is 0 Å². The van der Waals surface area contributed by atoms with E-state index >= 15 is 0 Å². The molecule has 0 aromatic heterocycles. The minimum atomic E-state index is -0.586. The first-order valence-corrected chi connectivity index (χ1v) is 7.49. The first kappa shape index (κ1) is 14.3. The van der Waals surface area contributed by atoms with Gasteiger partial charge in [0.05, 0.1) is 0 Å². The summed E-state index contributed by atoms with van der Waals surface area (Å²) in [6, 6.07) is 15.3. The predicted molar refractivity (Wildman–Crippen MR) is 86.9 cm³/mol. The number of carbonyl (C=O) groups is 2. The maximum atomic E-state index is 12.4. The highest BCUT2D eigenvalue weighted by atomic mass is 16.2. The van der Waals surface area contributed by atoms with Gasteiger partial charge in [0, 0.05) is 17.9 Å². The summed E-state index contributed by atoms with van der Waals surface area (Å²) in [5.41, 5.74) is 3.67. The molecule has 1 aliphatic rings. The van der Waals surface area contributed by atoms with Gasteiger partial charge in [-0.25, -0.2) is 0 Å². The molecule has 0 saturated heterocycles. The number of fused-ring (bicyclic) bond motifs is 1. The Morgan fingerprint density at radius 3 is 2.64 bits per heavy atom. The Hall–Kier alpha value is -2.62. The number of amides is 2. The molecule has 1 N–H and O–H groups in total. The van der Waals surface area contributed by atoms with Gasteiger partial charge in [0.15, 0.2) is 0 Å². The number of rotatable bonds is 2. The Morgan fingerprint density at radius 1 is 1.09 bits per heavy atom. The van der Waals surface area contributed by atoms with Crippen LogP contribution in [0.5, 0.6) is 0 Å². The molecule has 0 unspecified atom stereocenters. The summed E-state index contributed by atoms with van der Waals surface area (Å²) in [4.78, 5) is 26.3. The van der Waals surface area contributed by atoms with Crippen molar-refractivity contribution >= 4 is 23.2 Å². The van der Waals surface area contributed by atoms with Crippen molar-refractivity contribution in [2.45, 2.75) is 19.8 Å². The van der Waals surface area contributed by atoms with Crippen LogP contribution < -0.4 is 10.2 Å². The van der Waals surface area contributed by atoms with Crippen molar-refractivity contribution in [2.24, 2.45) is 0 Å². The second kappa shape index (κ2) is 6.02. The minimum absolute atomic E-state index is 0.504. The molecule has 22 heavy (non-hydrogen) atoms. The Morgan fingerprint density at radius 2 is 1.82 bits per heavy atom. The third-order valence-corrected chi connectivity index (χ3v) is 3.97.